The van der Waals surface area contributed by atoms with Crippen LogP contribution in [-0.2, 0) is 6.42 Å². The molecule has 108 valence electrons. The number of fused-ring (bicyclic) bond motifs is 1. The van der Waals surface area contributed by atoms with Gasteiger partial charge in [0.1, 0.15) is 5.82 Å². The van der Waals surface area contributed by atoms with Crippen molar-refractivity contribution >= 4 is 39.9 Å². The zero-order chi connectivity index (χ0) is 14.8. The van der Waals surface area contributed by atoms with Crippen LogP contribution in [0, 0.1) is 9.39 Å². The van der Waals surface area contributed by atoms with Crippen LogP contribution in [0.25, 0.3) is 0 Å². The zero-order valence-corrected chi connectivity index (χ0v) is 13.4. The Morgan fingerprint density at radius 1 is 1.24 bits per heavy atom. The van der Waals surface area contributed by atoms with Gasteiger partial charge in [-0.25, -0.2) is 4.39 Å². The quantitative estimate of drug-likeness (QED) is 0.753. The molecule has 21 heavy (non-hydrogen) atoms. The van der Waals surface area contributed by atoms with Crippen LogP contribution in [0.15, 0.2) is 36.4 Å². The van der Waals surface area contributed by atoms with Gasteiger partial charge >= 0.3 is 0 Å². The summed E-state index contributed by atoms with van der Waals surface area (Å²) in [6.07, 6.45) is 2.06. The number of carbonyl (C=O) groups excluding carboxylic acids is 1. The lowest BCUT2D eigenvalue weighted by molar-refractivity contribution is 0.102. The number of nitrogens with one attached hydrogen (secondary N) is 2. The molecule has 0 unspecified atom stereocenters. The normalized spacial score (nSPS) is 13.2. The fraction of sp³-hybridized carbons (Fsp3) is 0.188. The Morgan fingerprint density at radius 2 is 2.10 bits per heavy atom. The molecular formula is C16H14FIN2O. The van der Waals surface area contributed by atoms with Gasteiger partial charge in [-0.2, -0.15) is 0 Å². The smallest absolute Gasteiger partial charge is 0.255 e. The van der Waals surface area contributed by atoms with Crippen molar-refractivity contribution in [3.05, 3.63) is 56.9 Å². The third-order valence-corrected chi connectivity index (χ3v) is 4.38. The average molecular weight is 396 g/mol. The third kappa shape index (κ3) is 3.18. The first-order valence-corrected chi connectivity index (χ1v) is 7.84. The average Bonchev–Trinajstić information content (AvgIpc) is 2.49. The summed E-state index contributed by atoms with van der Waals surface area (Å²) in [5.41, 5.74) is 3.52. The summed E-state index contributed by atoms with van der Waals surface area (Å²) in [5, 5.41) is 6.15. The minimum absolute atomic E-state index is 0.173. The van der Waals surface area contributed by atoms with E-state index in [-0.39, 0.29) is 11.7 Å². The monoisotopic (exact) mass is 396 g/mol. The molecule has 0 atom stereocenters. The van der Waals surface area contributed by atoms with Crippen LogP contribution in [0.4, 0.5) is 15.8 Å². The lowest BCUT2D eigenvalue weighted by Crippen LogP contribution is -2.16. The Morgan fingerprint density at radius 3 is 2.90 bits per heavy atom. The van der Waals surface area contributed by atoms with Gasteiger partial charge in [0.05, 0.1) is 5.69 Å². The lowest BCUT2D eigenvalue weighted by atomic mass is 10.0. The molecule has 0 spiro atoms. The van der Waals surface area contributed by atoms with Crippen LogP contribution in [0.1, 0.15) is 22.3 Å². The zero-order valence-electron chi connectivity index (χ0n) is 11.2. The van der Waals surface area contributed by atoms with E-state index in [9.17, 15) is 9.18 Å². The molecule has 1 amide bonds. The van der Waals surface area contributed by atoms with Gasteiger partial charge in [0.25, 0.3) is 5.91 Å². The molecule has 2 aromatic carbocycles. The van der Waals surface area contributed by atoms with Crippen molar-refractivity contribution in [3.8, 4) is 0 Å². The van der Waals surface area contributed by atoms with Crippen molar-refractivity contribution in [2.24, 2.45) is 0 Å². The molecule has 2 N–H and O–H groups in total. The van der Waals surface area contributed by atoms with Crippen LogP contribution in [0.2, 0.25) is 0 Å². The lowest BCUT2D eigenvalue weighted by Gasteiger charge is -2.18. The highest BCUT2D eigenvalue weighted by Gasteiger charge is 2.13. The molecular weight excluding hydrogens is 382 g/mol. The van der Waals surface area contributed by atoms with Crippen molar-refractivity contribution < 1.29 is 9.18 Å². The number of hydrogen-bond donors (Lipinski definition) is 2. The third-order valence-electron chi connectivity index (χ3n) is 3.49. The van der Waals surface area contributed by atoms with Crippen molar-refractivity contribution in [2.45, 2.75) is 12.8 Å². The van der Waals surface area contributed by atoms with Gasteiger partial charge < -0.3 is 10.6 Å². The van der Waals surface area contributed by atoms with E-state index in [2.05, 4.69) is 10.6 Å². The first-order valence-electron chi connectivity index (χ1n) is 6.77. The number of carbonyl (C=O) groups is 1. The molecule has 1 aliphatic heterocycles. The highest BCUT2D eigenvalue weighted by Crippen LogP contribution is 2.24. The van der Waals surface area contributed by atoms with E-state index in [4.69, 9.17) is 0 Å². The minimum Gasteiger partial charge on any atom is -0.385 e. The first kappa shape index (κ1) is 14.3. The molecule has 0 saturated carbocycles. The topological polar surface area (TPSA) is 41.1 Å². The summed E-state index contributed by atoms with van der Waals surface area (Å²) in [5.74, 6) is -0.481. The van der Waals surface area contributed by atoms with E-state index in [0.717, 1.165) is 25.1 Å². The summed E-state index contributed by atoms with van der Waals surface area (Å²) < 4.78 is 13.8. The summed E-state index contributed by atoms with van der Waals surface area (Å²) in [4.78, 5) is 12.3. The Bertz CT molecular complexity index is 703. The minimum atomic E-state index is -0.308. The van der Waals surface area contributed by atoms with Crippen LogP contribution in [0.3, 0.4) is 0 Å². The summed E-state index contributed by atoms with van der Waals surface area (Å²) in [7, 11) is 0. The molecule has 5 heteroatoms. The summed E-state index contributed by atoms with van der Waals surface area (Å²) in [6, 6.07) is 9.99. The number of anilines is 2. The van der Waals surface area contributed by atoms with E-state index in [1.54, 1.807) is 6.07 Å². The molecule has 0 aliphatic carbocycles. The number of rotatable bonds is 2. The molecule has 2 aromatic rings. The fourth-order valence-electron chi connectivity index (χ4n) is 2.40. The van der Waals surface area contributed by atoms with E-state index in [1.165, 1.54) is 17.7 Å². The van der Waals surface area contributed by atoms with Crippen molar-refractivity contribution in [1.29, 1.82) is 0 Å². The predicted molar refractivity (Wildman–Crippen MR) is 90.3 cm³/mol. The van der Waals surface area contributed by atoms with Crippen molar-refractivity contribution in [1.82, 2.24) is 0 Å². The number of amides is 1. The van der Waals surface area contributed by atoms with Gasteiger partial charge in [0.15, 0.2) is 0 Å². The molecule has 0 radical (unpaired) electrons. The fourth-order valence-corrected chi connectivity index (χ4v) is 3.01. The molecule has 0 aromatic heterocycles. The molecule has 3 rings (SSSR count). The van der Waals surface area contributed by atoms with Crippen LogP contribution >= 0.6 is 22.6 Å². The number of aryl methyl sites for hydroxylation is 1. The highest BCUT2D eigenvalue weighted by atomic mass is 127. The second-order valence-electron chi connectivity index (χ2n) is 4.98. The van der Waals surface area contributed by atoms with Crippen molar-refractivity contribution in [2.75, 3.05) is 17.2 Å². The number of hydrogen-bond acceptors (Lipinski definition) is 2. The van der Waals surface area contributed by atoms with E-state index in [0.29, 0.717) is 14.8 Å². The second kappa shape index (κ2) is 6.01. The Labute approximate surface area is 136 Å². The SMILES string of the molecule is O=C(Nc1ccc(F)cc1I)c1ccc2c(c1)CCCN2. The maximum absolute atomic E-state index is 13.1. The van der Waals surface area contributed by atoms with Gasteiger partial charge in [-0.3, -0.25) is 4.79 Å². The van der Waals surface area contributed by atoms with Gasteiger partial charge in [-0.15, -0.1) is 0 Å². The largest absolute Gasteiger partial charge is 0.385 e. The molecule has 0 fully saturated rings. The van der Waals surface area contributed by atoms with Gasteiger partial charge in [0, 0.05) is 21.4 Å². The van der Waals surface area contributed by atoms with E-state index >= 15 is 0 Å². The number of halogens is 2. The Balaban J connectivity index is 1.82. The van der Waals surface area contributed by atoms with Crippen LogP contribution < -0.4 is 10.6 Å². The highest BCUT2D eigenvalue weighted by molar-refractivity contribution is 14.1. The maximum Gasteiger partial charge on any atom is 0.255 e. The van der Waals surface area contributed by atoms with Crippen LogP contribution in [0.5, 0.6) is 0 Å². The summed E-state index contributed by atoms with van der Waals surface area (Å²) in [6.45, 7) is 0.978. The molecule has 0 bridgehead atoms. The van der Waals surface area contributed by atoms with Crippen LogP contribution in [-0.4, -0.2) is 12.5 Å². The second-order valence-corrected chi connectivity index (χ2v) is 6.14. The predicted octanol–water partition coefficient (Wildman–Crippen LogP) is 4.04. The summed E-state index contributed by atoms with van der Waals surface area (Å²) >= 11 is 2.01. The maximum atomic E-state index is 13.1. The standard InChI is InChI=1S/C16H14FIN2O/c17-12-4-6-15(13(18)9-12)20-16(21)11-3-5-14-10(8-11)2-1-7-19-14/h3-6,8-9,19H,1-2,7H2,(H,20,21). The number of benzene rings is 2. The Hall–Kier alpha value is -1.63. The van der Waals surface area contributed by atoms with E-state index in [1.807, 2.05) is 40.8 Å². The molecule has 1 aliphatic rings. The molecule has 3 nitrogen and oxygen atoms in total. The van der Waals surface area contributed by atoms with Gasteiger partial charge in [-0.1, -0.05) is 0 Å². The van der Waals surface area contributed by atoms with Gasteiger partial charge in [0.2, 0.25) is 0 Å². The van der Waals surface area contributed by atoms with E-state index < -0.39 is 0 Å². The molecule has 1 heterocycles. The van der Waals surface area contributed by atoms with Crippen molar-refractivity contribution in [3.63, 3.8) is 0 Å². The molecule has 0 saturated heterocycles. The Kier molecular flexibility index (Phi) is 4.10. The first-order chi connectivity index (χ1) is 10.1. The van der Waals surface area contributed by atoms with Gasteiger partial charge in [-0.05, 0) is 77.4 Å².